The molecule has 0 atom stereocenters. The van der Waals surface area contributed by atoms with Gasteiger partial charge in [0, 0.05) is 12.1 Å². The maximum Gasteiger partial charge on any atom is 0.271 e. The van der Waals surface area contributed by atoms with E-state index in [1.54, 1.807) is 6.07 Å². The van der Waals surface area contributed by atoms with Crippen molar-refractivity contribution < 1.29 is 14.6 Å². The Hall–Kier alpha value is -2.93. The van der Waals surface area contributed by atoms with Crippen LogP contribution < -0.4 is 15.1 Å². The lowest BCUT2D eigenvalue weighted by molar-refractivity contribution is -0.880. The number of nitro benzene ring substituents is 1. The summed E-state index contributed by atoms with van der Waals surface area (Å²) >= 11 is 0. The summed E-state index contributed by atoms with van der Waals surface area (Å²) in [6, 6.07) is 14.1. The van der Waals surface area contributed by atoms with E-state index in [1.165, 1.54) is 17.0 Å². The second kappa shape index (κ2) is 7.97. The van der Waals surface area contributed by atoms with Crippen molar-refractivity contribution in [3.8, 4) is 0 Å². The second-order valence-electron chi connectivity index (χ2n) is 6.61. The number of likely N-dealkylation sites (N-methyl/N-ethyl adjacent to an activating group) is 1. The smallest absolute Gasteiger partial charge is 0.271 e. The van der Waals surface area contributed by atoms with Crippen LogP contribution in [0.3, 0.4) is 0 Å². The Balaban J connectivity index is 1.81. The van der Waals surface area contributed by atoms with Crippen LogP contribution >= 0.6 is 0 Å². The number of nitro groups is 1. The predicted octanol–water partition coefficient (Wildman–Crippen LogP) is 1.11. The minimum Gasteiger partial charge on any atom is -0.359 e. The minimum absolute atomic E-state index is 0.0245. The average Bonchev–Trinajstić information content (AvgIpc) is 2.63. The summed E-state index contributed by atoms with van der Waals surface area (Å²) in [5.74, 6) is -0.183. The summed E-state index contributed by atoms with van der Waals surface area (Å²) in [5, 5.41) is 14.0. The molecule has 0 aliphatic carbocycles. The van der Waals surface area contributed by atoms with Gasteiger partial charge in [0.2, 0.25) is 5.91 Å². The number of hydrogen-bond acceptors (Lipinski definition) is 4. The highest BCUT2D eigenvalue weighted by Gasteiger charge is 2.22. The number of anilines is 2. The van der Waals surface area contributed by atoms with Crippen LogP contribution in [0, 0.1) is 10.1 Å². The fourth-order valence-electron chi connectivity index (χ4n) is 3.12. The third kappa shape index (κ3) is 4.37. The van der Waals surface area contributed by atoms with Crippen LogP contribution in [0.2, 0.25) is 0 Å². The molecule has 2 aromatic carbocycles. The lowest BCUT2D eigenvalue weighted by Gasteiger charge is -2.32. The molecule has 136 valence electrons. The Kier molecular flexibility index (Phi) is 5.48. The van der Waals surface area contributed by atoms with Gasteiger partial charge in [-0.2, -0.15) is 0 Å². The molecule has 1 amide bonds. The van der Waals surface area contributed by atoms with Gasteiger partial charge in [-0.1, -0.05) is 30.3 Å². The first-order chi connectivity index (χ1) is 12.5. The largest absolute Gasteiger partial charge is 0.359 e. The molecule has 2 aromatic rings. The lowest BCUT2D eigenvalue weighted by Crippen LogP contribution is -3.12. The fourth-order valence-corrected chi connectivity index (χ4v) is 3.12. The van der Waals surface area contributed by atoms with Gasteiger partial charge in [0.05, 0.1) is 55.9 Å². The van der Waals surface area contributed by atoms with Gasteiger partial charge in [-0.3, -0.25) is 14.9 Å². The first-order valence-corrected chi connectivity index (χ1v) is 8.71. The van der Waals surface area contributed by atoms with Crippen LogP contribution in [0.5, 0.6) is 0 Å². The van der Waals surface area contributed by atoms with E-state index in [4.69, 9.17) is 0 Å². The monoisotopic (exact) mass is 355 g/mol. The summed E-state index contributed by atoms with van der Waals surface area (Å²) in [4.78, 5) is 26.8. The van der Waals surface area contributed by atoms with Gasteiger partial charge >= 0.3 is 0 Å². The van der Waals surface area contributed by atoms with E-state index in [0.717, 1.165) is 37.4 Å². The van der Waals surface area contributed by atoms with E-state index in [9.17, 15) is 14.9 Å². The number of benzene rings is 2. The van der Waals surface area contributed by atoms with Gasteiger partial charge in [0.1, 0.15) is 0 Å². The van der Waals surface area contributed by atoms with E-state index in [1.807, 2.05) is 30.3 Å². The van der Waals surface area contributed by atoms with Crippen molar-refractivity contribution in [1.29, 1.82) is 0 Å². The summed E-state index contributed by atoms with van der Waals surface area (Å²) < 4.78 is 0. The van der Waals surface area contributed by atoms with Crippen LogP contribution in [0.25, 0.3) is 0 Å². The number of rotatable bonds is 5. The number of carbonyl (C=O) groups excluding carboxylic acids is 1. The van der Waals surface area contributed by atoms with Crippen molar-refractivity contribution >= 4 is 23.0 Å². The highest BCUT2D eigenvalue weighted by molar-refractivity contribution is 5.96. The molecule has 0 unspecified atom stereocenters. The topological polar surface area (TPSA) is 79.9 Å². The van der Waals surface area contributed by atoms with Crippen LogP contribution in [0.1, 0.15) is 5.56 Å². The maximum atomic E-state index is 12.4. The number of carbonyl (C=O) groups is 1. The Morgan fingerprint density at radius 3 is 2.54 bits per heavy atom. The first kappa shape index (κ1) is 17.9. The van der Waals surface area contributed by atoms with Crippen molar-refractivity contribution in [1.82, 2.24) is 0 Å². The van der Waals surface area contributed by atoms with Gasteiger partial charge in [-0.05, 0) is 11.6 Å². The van der Waals surface area contributed by atoms with E-state index < -0.39 is 4.92 Å². The van der Waals surface area contributed by atoms with Gasteiger partial charge in [-0.25, -0.2) is 0 Å². The Bertz CT molecular complexity index is 787. The van der Waals surface area contributed by atoms with Crippen molar-refractivity contribution in [3.05, 3.63) is 64.2 Å². The van der Waals surface area contributed by atoms with Crippen LogP contribution in [0.4, 0.5) is 17.1 Å². The second-order valence-corrected chi connectivity index (χ2v) is 6.61. The summed E-state index contributed by atoms with van der Waals surface area (Å²) in [7, 11) is 2.15. The standard InChI is InChI=1S/C19H22N4O3/c1-21-9-11-22(12-10-21)18-8-7-16(23(25)26)14-17(18)20-19(24)13-15-5-3-2-4-6-15/h2-8,14H,9-13H2,1H3,(H,20,24)/p+1. The predicted molar refractivity (Wildman–Crippen MR) is 101 cm³/mol. The Morgan fingerprint density at radius 1 is 1.19 bits per heavy atom. The molecule has 1 aliphatic heterocycles. The van der Waals surface area contributed by atoms with Crippen LogP contribution in [0.15, 0.2) is 48.5 Å². The van der Waals surface area contributed by atoms with Gasteiger partial charge in [0.15, 0.2) is 0 Å². The molecule has 1 aliphatic rings. The SMILES string of the molecule is C[NH+]1CCN(c2ccc([N+](=O)[O-])cc2NC(=O)Cc2ccccc2)CC1. The summed E-state index contributed by atoms with van der Waals surface area (Å²) in [5.41, 5.74) is 2.22. The number of nitrogens with one attached hydrogen (secondary N) is 2. The molecule has 1 saturated heterocycles. The fraction of sp³-hybridized carbons (Fsp3) is 0.316. The third-order valence-electron chi connectivity index (χ3n) is 4.63. The van der Waals surface area contributed by atoms with Gasteiger partial charge < -0.3 is 15.1 Å². The number of non-ortho nitro benzene ring substituents is 1. The van der Waals surface area contributed by atoms with Gasteiger partial charge in [-0.15, -0.1) is 0 Å². The van der Waals surface area contributed by atoms with Crippen molar-refractivity contribution in [3.63, 3.8) is 0 Å². The van der Waals surface area contributed by atoms with Gasteiger partial charge in [0.25, 0.3) is 5.69 Å². The van der Waals surface area contributed by atoms with Crippen molar-refractivity contribution in [2.24, 2.45) is 0 Å². The highest BCUT2D eigenvalue weighted by atomic mass is 16.6. The van der Waals surface area contributed by atoms with E-state index >= 15 is 0 Å². The minimum atomic E-state index is -0.440. The number of quaternary nitrogens is 1. The molecule has 0 aromatic heterocycles. The molecule has 0 saturated carbocycles. The Morgan fingerprint density at radius 2 is 1.88 bits per heavy atom. The van der Waals surface area contributed by atoms with E-state index in [-0.39, 0.29) is 18.0 Å². The first-order valence-electron chi connectivity index (χ1n) is 8.71. The quantitative estimate of drug-likeness (QED) is 0.622. The number of piperazine rings is 1. The number of hydrogen-bond donors (Lipinski definition) is 2. The average molecular weight is 355 g/mol. The number of amides is 1. The molecule has 2 N–H and O–H groups in total. The zero-order chi connectivity index (χ0) is 18.5. The molecule has 0 bridgehead atoms. The zero-order valence-electron chi connectivity index (χ0n) is 14.8. The lowest BCUT2D eigenvalue weighted by atomic mass is 10.1. The van der Waals surface area contributed by atoms with Crippen LogP contribution in [-0.2, 0) is 11.2 Å². The molecule has 0 radical (unpaired) electrons. The molecule has 26 heavy (non-hydrogen) atoms. The Labute approximate surface area is 152 Å². The summed E-state index contributed by atoms with van der Waals surface area (Å²) in [6.07, 6.45) is 0.232. The van der Waals surface area contributed by atoms with Crippen molar-refractivity contribution in [2.75, 3.05) is 43.4 Å². The van der Waals surface area contributed by atoms with Crippen LogP contribution in [-0.4, -0.2) is 44.1 Å². The molecular formula is C19H23N4O3+. The van der Waals surface area contributed by atoms with E-state index in [0.29, 0.717) is 5.69 Å². The molecule has 0 spiro atoms. The van der Waals surface area contributed by atoms with E-state index in [2.05, 4.69) is 17.3 Å². The zero-order valence-corrected chi connectivity index (χ0v) is 14.8. The molecule has 7 nitrogen and oxygen atoms in total. The maximum absolute atomic E-state index is 12.4. The molecule has 3 rings (SSSR count). The number of nitrogens with zero attached hydrogens (tertiary/aromatic N) is 2. The third-order valence-corrected chi connectivity index (χ3v) is 4.63. The normalized spacial score (nSPS) is 14.9. The molecule has 1 fully saturated rings. The summed E-state index contributed by atoms with van der Waals surface area (Å²) in [6.45, 7) is 3.69. The molecular weight excluding hydrogens is 332 g/mol. The van der Waals surface area contributed by atoms with Crippen molar-refractivity contribution in [2.45, 2.75) is 6.42 Å². The molecule has 1 heterocycles. The highest BCUT2D eigenvalue weighted by Crippen LogP contribution is 2.30. The molecule has 7 heteroatoms.